The molecule has 0 heterocycles. The van der Waals surface area contributed by atoms with Crippen LogP contribution in [0.5, 0.6) is 5.75 Å². The van der Waals surface area contributed by atoms with Crippen molar-refractivity contribution < 1.29 is 4.74 Å². The summed E-state index contributed by atoms with van der Waals surface area (Å²) >= 11 is 0. The normalized spacial score (nSPS) is 11.7. The molecule has 0 atom stereocenters. The van der Waals surface area contributed by atoms with E-state index in [0.717, 1.165) is 18.8 Å². The van der Waals surface area contributed by atoms with Crippen LogP contribution in [0.25, 0.3) is 0 Å². The van der Waals surface area contributed by atoms with Gasteiger partial charge in [0.25, 0.3) is 0 Å². The van der Waals surface area contributed by atoms with E-state index in [9.17, 15) is 0 Å². The van der Waals surface area contributed by atoms with Gasteiger partial charge in [0.05, 0.1) is 7.11 Å². The van der Waals surface area contributed by atoms with Gasteiger partial charge in [-0.25, -0.2) is 0 Å². The van der Waals surface area contributed by atoms with E-state index in [1.807, 2.05) is 0 Å². The van der Waals surface area contributed by atoms with Crippen molar-refractivity contribution in [2.75, 3.05) is 14.2 Å². The van der Waals surface area contributed by atoms with Crippen molar-refractivity contribution in [3.05, 3.63) is 29.3 Å². The fourth-order valence-corrected chi connectivity index (χ4v) is 2.70. The Morgan fingerprint density at radius 2 is 1.86 bits per heavy atom. The highest BCUT2D eigenvalue weighted by Crippen LogP contribution is 2.23. The molecular weight excluding hydrogens is 260 g/mol. The Balaban J connectivity index is 2.84. The molecule has 0 aliphatic heterocycles. The van der Waals surface area contributed by atoms with Crippen LogP contribution in [0.3, 0.4) is 0 Å². The largest absolute Gasteiger partial charge is 0.496 e. The van der Waals surface area contributed by atoms with Gasteiger partial charge in [0, 0.05) is 30.7 Å². The molecule has 0 amide bonds. The van der Waals surface area contributed by atoms with Crippen LogP contribution in [-0.4, -0.2) is 31.1 Å². The van der Waals surface area contributed by atoms with Crippen LogP contribution in [0.2, 0.25) is 0 Å². The average Bonchev–Trinajstić information content (AvgIpc) is 2.46. The molecule has 21 heavy (non-hydrogen) atoms. The number of rotatable bonds is 9. The molecule has 0 bridgehead atoms. The molecule has 0 fully saturated rings. The SMILES string of the molecule is CCC(CC)N(C)Cc1cc(CNC(C)C)ccc1OC. The maximum atomic E-state index is 5.53. The first-order valence-corrected chi connectivity index (χ1v) is 8.11. The summed E-state index contributed by atoms with van der Waals surface area (Å²) in [7, 11) is 3.96. The summed E-state index contributed by atoms with van der Waals surface area (Å²) in [6.07, 6.45) is 2.37. The summed E-state index contributed by atoms with van der Waals surface area (Å²) in [5, 5.41) is 3.47. The smallest absolute Gasteiger partial charge is 0.123 e. The van der Waals surface area contributed by atoms with Crippen LogP contribution in [-0.2, 0) is 13.1 Å². The van der Waals surface area contributed by atoms with Crippen LogP contribution in [0, 0.1) is 0 Å². The fourth-order valence-electron chi connectivity index (χ4n) is 2.70. The summed E-state index contributed by atoms with van der Waals surface area (Å²) < 4.78 is 5.53. The third-order valence-electron chi connectivity index (χ3n) is 4.04. The van der Waals surface area contributed by atoms with Gasteiger partial charge >= 0.3 is 0 Å². The van der Waals surface area contributed by atoms with Crippen molar-refractivity contribution in [2.24, 2.45) is 0 Å². The molecule has 0 unspecified atom stereocenters. The van der Waals surface area contributed by atoms with Gasteiger partial charge < -0.3 is 10.1 Å². The third-order valence-corrected chi connectivity index (χ3v) is 4.04. The summed E-state index contributed by atoms with van der Waals surface area (Å²) in [6, 6.07) is 7.64. The summed E-state index contributed by atoms with van der Waals surface area (Å²) in [5.74, 6) is 0.987. The minimum atomic E-state index is 0.503. The average molecular weight is 292 g/mol. The molecule has 1 aromatic rings. The Labute approximate surface area is 130 Å². The second-order valence-corrected chi connectivity index (χ2v) is 6.07. The topological polar surface area (TPSA) is 24.5 Å². The standard InChI is InChI=1S/C18H32N2O/c1-7-17(8-2)20(5)13-16-11-15(12-19-14(3)4)9-10-18(16)21-6/h9-11,14,17,19H,7-8,12-13H2,1-6H3. The van der Waals surface area contributed by atoms with Gasteiger partial charge in [-0.3, -0.25) is 4.90 Å². The highest BCUT2D eigenvalue weighted by molar-refractivity contribution is 5.37. The van der Waals surface area contributed by atoms with E-state index >= 15 is 0 Å². The minimum absolute atomic E-state index is 0.503. The van der Waals surface area contributed by atoms with Gasteiger partial charge in [-0.15, -0.1) is 0 Å². The van der Waals surface area contributed by atoms with E-state index in [4.69, 9.17) is 4.74 Å². The highest BCUT2D eigenvalue weighted by Gasteiger charge is 2.13. The summed E-state index contributed by atoms with van der Waals surface area (Å²) in [5.41, 5.74) is 2.59. The second-order valence-electron chi connectivity index (χ2n) is 6.07. The minimum Gasteiger partial charge on any atom is -0.496 e. The fraction of sp³-hybridized carbons (Fsp3) is 0.667. The number of hydrogen-bond donors (Lipinski definition) is 1. The van der Waals surface area contributed by atoms with Gasteiger partial charge in [-0.1, -0.05) is 33.8 Å². The van der Waals surface area contributed by atoms with Crippen LogP contribution in [0.15, 0.2) is 18.2 Å². The lowest BCUT2D eigenvalue weighted by Gasteiger charge is -2.27. The lowest BCUT2D eigenvalue weighted by atomic mass is 10.1. The molecule has 120 valence electrons. The Kier molecular flexibility index (Phi) is 7.76. The molecule has 0 aliphatic carbocycles. The molecular formula is C18H32N2O. The zero-order valence-electron chi connectivity index (χ0n) is 14.6. The first-order valence-electron chi connectivity index (χ1n) is 8.11. The lowest BCUT2D eigenvalue weighted by Crippen LogP contribution is -2.30. The van der Waals surface area contributed by atoms with Crippen molar-refractivity contribution in [3.63, 3.8) is 0 Å². The number of ether oxygens (including phenoxy) is 1. The number of methoxy groups -OCH3 is 1. The van der Waals surface area contributed by atoms with Crippen LogP contribution < -0.4 is 10.1 Å². The second kappa shape index (κ2) is 9.06. The van der Waals surface area contributed by atoms with Gasteiger partial charge in [-0.2, -0.15) is 0 Å². The van der Waals surface area contributed by atoms with E-state index in [2.05, 4.69) is 63.2 Å². The zero-order valence-corrected chi connectivity index (χ0v) is 14.6. The molecule has 3 heteroatoms. The lowest BCUT2D eigenvalue weighted by molar-refractivity contribution is 0.219. The number of benzene rings is 1. The number of hydrogen-bond acceptors (Lipinski definition) is 3. The molecule has 0 saturated heterocycles. The first kappa shape index (κ1) is 18.0. The summed E-state index contributed by atoms with van der Waals surface area (Å²) in [4.78, 5) is 2.43. The Morgan fingerprint density at radius 1 is 1.19 bits per heavy atom. The molecule has 0 saturated carbocycles. The van der Waals surface area contributed by atoms with E-state index in [0.29, 0.717) is 12.1 Å². The Bertz CT molecular complexity index is 414. The van der Waals surface area contributed by atoms with Crippen LogP contribution in [0.4, 0.5) is 0 Å². The molecule has 1 aromatic carbocycles. The Hall–Kier alpha value is -1.06. The maximum absolute atomic E-state index is 5.53. The molecule has 0 radical (unpaired) electrons. The zero-order chi connectivity index (χ0) is 15.8. The highest BCUT2D eigenvalue weighted by atomic mass is 16.5. The first-order chi connectivity index (χ1) is 10.0. The van der Waals surface area contributed by atoms with Crippen molar-refractivity contribution in [3.8, 4) is 5.75 Å². The Morgan fingerprint density at radius 3 is 2.38 bits per heavy atom. The van der Waals surface area contributed by atoms with Crippen LogP contribution >= 0.6 is 0 Å². The van der Waals surface area contributed by atoms with E-state index in [-0.39, 0.29) is 0 Å². The predicted molar refractivity (Wildman–Crippen MR) is 90.8 cm³/mol. The van der Waals surface area contributed by atoms with Crippen molar-refractivity contribution in [1.82, 2.24) is 10.2 Å². The number of nitrogens with zero attached hydrogens (tertiary/aromatic N) is 1. The molecule has 0 aromatic heterocycles. The van der Waals surface area contributed by atoms with Gasteiger partial charge in [-0.05, 0) is 37.6 Å². The third kappa shape index (κ3) is 5.68. The van der Waals surface area contributed by atoms with Crippen molar-refractivity contribution in [1.29, 1.82) is 0 Å². The van der Waals surface area contributed by atoms with Crippen molar-refractivity contribution in [2.45, 2.75) is 65.7 Å². The van der Waals surface area contributed by atoms with E-state index in [1.165, 1.54) is 24.0 Å². The van der Waals surface area contributed by atoms with Crippen LogP contribution in [0.1, 0.15) is 51.7 Å². The molecule has 1 rings (SSSR count). The monoisotopic (exact) mass is 292 g/mol. The van der Waals surface area contributed by atoms with Crippen molar-refractivity contribution >= 4 is 0 Å². The predicted octanol–water partition coefficient (Wildman–Crippen LogP) is 3.81. The van der Waals surface area contributed by atoms with E-state index in [1.54, 1.807) is 7.11 Å². The quantitative estimate of drug-likeness (QED) is 0.749. The molecule has 3 nitrogen and oxygen atoms in total. The van der Waals surface area contributed by atoms with Gasteiger partial charge in [0.2, 0.25) is 0 Å². The van der Waals surface area contributed by atoms with E-state index < -0.39 is 0 Å². The molecule has 1 N–H and O–H groups in total. The van der Waals surface area contributed by atoms with Gasteiger partial charge in [0.15, 0.2) is 0 Å². The molecule has 0 spiro atoms. The maximum Gasteiger partial charge on any atom is 0.123 e. The number of nitrogens with one attached hydrogen (secondary N) is 1. The van der Waals surface area contributed by atoms with Gasteiger partial charge in [0.1, 0.15) is 5.75 Å². The summed E-state index contributed by atoms with van der Waals surface area (Å²) in [6.45, 7) is 10.7. The molecule has 0 aliphatic rings.